The van der Waals surface area contributed by atoms with Crippen molar-refractivity contribution in [1.82, 2.24) is 14.5 Å². The standard InChI is InChI=1S/C25H29N3O/c1-7-19(14-29-6)28-11-9-20-18(5)27-23-21(8-10-26-24(23)25(20)28)22-16(3)12-15(2)13-17(22)4/h8-13,19H,7,14H2,1-6H3. The molecule has 0 amide bonds. The van der Waals surface area contributed by atoms with Crippen molar-refractivity contribution in [1.29, 1.82) is 0 Å². The Morgan fingerprint density at radius 2 is 1.76 bits per heavy atom. The third-order valence-electron chi connectivity index (χ3n) is 5.90. The van der Waals surface area contributed by atoms with Crippen LogP contribution in [0, 0.1) is 27.7 Å². The molecule has 0 saturated carbocycles. The molecule has 0 aliphatic heterocycles. The van der Waals surface area contributed by atoms with E-state index in [1.807, 2.05) is 6.20 Å². The summed E-state index contributed by atoms with van der Waals surface area (Å²) >= 11 is 0. The molecule has 1 aromatic carbocycles. The maximum absolute atomic E-state index is 5.49. The van der Waals surface area contributed by atoms with Crippen LogP contribution in [0.2, 0.25) is 0 Å². The first-order valence-electron chi connectivity index (χ1n) is 10.3. The lowest BCUT2D eigenvalue weighted by Crippen LogP contribution is -2.13. The molecule has 0 aliphatic rings. The molecule has 0 N–H and O–H groups in total. The van der Waals surface area contributed by atoms with Crippen molar-refractivity contribution in [2.24, 2.45) is 0 Å². The van der Waals surface area contributed by atoms with Crippen molar-refractivity contribution in [3.05, 3.63) is 59.0 Å². The van der Waals surface area contributed by atoms with E-state index < -0.39 is 0 Å². The quantitative estimate of drug-likeness (QED) is 0.416. The normalized spacial score (nSPS) is 12.8. The third-order valence-corrected chi connectivity index (χ3v) is 5.90. The number of ether oxygens (including phenoxy) is 1. The molecule has 3 aromatic heterocycles. The summed E-state index contributed by atoms with van der Waals surface area (Å²) in [5, 5.41) is 1.16. The van der Waals surface area contributed by atoms with Gasteiger partial charge in [-0.05, 0) is 62.9 Å². The average Bonchev–Trinajstić information content (AvgIpc) is 3.12. The zero-order valence-corrected chi connectivity index (χ0v) is 18.2. The van der Waals surface area contributed by atoms with Gasteiger partial charge in [-0.15, -0.1) is 0 Å². The smallest absolute Gasteiger partial charge is 0.114 e. The highest BCUT2D eigenvalue weighted by Crippen LogP contribution is 2.36. The van der Waals surface area contributed by atoms with Crippen molar-refractivity contribution >= 4 is 21.9 Å². The number of benzene rings is 1. The summed E-state index contributed by atoms with van der Waals surface area (Å²) in [6, 6.07) is 9.02. The van der Waals surface area contributed by atoms with Gasteiger partial charge in [-0.2, -0.15) is 0 Å². The number of aryl methyl sites for hydroxylation is 4. The van der Waals surface area contributed by atoms with Crippen molar-refractivity contribution in [3.63, 3.8) is 0 Å². The van der Waals surface area contributed by atoms with E-state index in [0.29, 0.717) is 6.61 Å². The largest absolute Gasteiger partial charge is 0.383 e. The summed E-state index contributed by atoms with van der Waals surface area (Å²) in [6.07, 6.45) is 5.07. The van der Waals surface area contributed by atoms with Crippen LogP contribution in [0.25, 0.3) is 33.1 Å². The molecule has 0 saturated heterocycles. The van der Waals surface area contributed by atoms with Gasteiger partial charge in [0.2, 0.25) is 0 Å². The van der Waals surface area contributed by atoms with E-state index in [4.69, 9.17) is 14.7 Å². The number of pyridine rings is 2. The lowest BCUT2D eigenvalue weighted by atomic mass is 9.93. The highest BCUT2D eigenvalue weighted by molar-refractivity contribution is 6.07. The minimum Gasteiger partial charge on any atom is -0.383 e. The fraction of sp³-hybridized carbons (Fsp3) is 0.360. The molecule has 0 bridgehead atoms. The Hall–Kier alpha value is -2.72. The predicted molar refractivity (Wildman–Crippen MR) is 121 cm³/mol. The van der Waals surface area contributed by atoms with E-state index in [0.717, 1.165) is 39.6 Å². The topological polar surface area (TPSA) is 39.9 Å². The summed E-state index contributed by atoms with van der Waals surface area (Å²) in [5.41, 5.74) is 10.4. The molecule has 4 heteroatoms. The summed E-state index contributed by atoms with van der Waals surface area (Å²) < 4.78 is 7.81. The number of aromatic nitrogens is 3. The maximum atomic E-state index is 5.49. The second-order valence-corrected chi connectivity index (χ2v) is 8.03. The lowest BCUT2D eigenvalue weighted by molar-refractivity contribution is 0.155. The van der Waals surface area contributed by atoms with Gasteiger partial charge in [0.05, 0.1) is 23.7 Å². The number of methoxy groups -OCH3 is 1. The predicted octanol–water partition coefficient (Wildman–Crippen LogP) is 6.08. The van der Waals surface area contributed by atoms with E-state index in [2.05, 4.69) is 69.6 Å². The van der Waals surface area contributed by atoms with Crippen LogP contribution in [0.4, 0.5) is 0 Å². The van der Waals surface area contributed by atoms with Gasteiger partial charge in [0.1, 0.15) is 5.52 Å². The highest BCUT2D eigenvalue weighted by atomic mass is 16.5. The first-order chi connectivity index (χ1) is 14.0. The second-order valence-electron chi connectivity index (χ2n) is 8.03. The molecule has 1 atom stereocenters. The SMILES string of the molecule is CCC(COC)n1ccc2c(C)nc3c(-c4c(C)cc(C)cc4C)ccnc3c21. The Morgan fingerprint density at radius 3 is 2.41 bits per heavy atom. The van der Waals surface area contributed by atoms with Crippen LogP contribution in [0.3, 0.4) is 0 Å². The summed E-state index contributed by atoms with van der Waals surface area (Å²) in [7, 11) is 1.76. The van der Waals surface area contributed by atoms with Crippen LogP contribution in [0.15, 0.2) is 36.7 Å². The molecule has 150 valence electrons. The average molecular weight is 388 g/mol. The maximum Gasteiger partial charge on any atom is 0.114 e. The highest BCUT2D eigenvalue weighted by Gasteiger charge is 2.19. The van der Waals surface area contributed by atoms with Gasteiger partial charge in [-0.3, -0.25) is 9.97 Å². The third kappa shape index (κ3) is 3.22. The second kappa shape index (κ2) is 7.60. The fourth-order valence-electron chi connectivity index (χ4n) is 4.66. The van der Waals surface area contributed by atoms with Gasteiger partial charge in [-0.1, -0.05) is 24.6 Å². The minimum atomic E-state index is 0.274. The first-order valence-corrected chi connectivity index (χ1v) is 10.3. The zero-order valence-electron chi connectivity index (χ0n) is 18.2. The molecule has 0 fully saturated rings. The summed E-state index contributed by atoms with van der Waals surface area (Å²) in [5.74, 6) is 0. The van der Waals surface area contributed by atoms with Gasteiger partial charge in [0.25, 0.3) is 0 Å². The number of hydrogen-bond donors (Lipinski definition) is 0. The number of nitrogens with zero attached hydrogens (tertiary/aromatic N) is 3. The van der Waals surface area contributed by atoms with E-state index in [1.165, 1.54) is 22.3 Å². The molecule has 0 aliphatic carbocycles. The van der Waals surface area contributed by atoms with Gasteiger partial charge in [0.15, 0.2) is 0 Å². The molecule has 0 spiro atoms. The van der Waals surface area contributed by atoms with E-state index in [9.17, 15) is 0 Å². The molecule has 4 aromatic rings. The molecule has 4 rings (SSSR count). The Labute approximate surface area is 172 Å². The van der Waals surface area contributed by atoms with Gasteiger partial charge in [-0.25, -0.2) is 0 Å². The van der Waals surface area contributed by atoms with E-state index in [1.54, 1.807) is 7.11 Å². The molecule has 1 unspecified atom stereocenters. The molecule has 4 nitrogen and oxygen atoms in total. The zero-order chi connectivity index (χ0) is 20.7. The van der Waals surface area contributed by atoms with Crippen LogP contribution < -0.4 is 0 Å². The molecule has 3 heterocycles. The molecule has 29 heavy (non-hydrogen) atoms. The fourth-order valence-corrected chi connectivity index (χ4v) is 4.66. The van der Waals surface area contributed by atoms with Crippen LogP contribution in [-0.4, -0.2) is 28.3 Å². The van der Waals surface area contributed by atoms with Crippen LogP contribution in [-0.2, 0) is 4.74 Å². The van der Waals surface area contributed by atoms with E-state index >= 15 is 0 Å². The Bertz CT molecular complexity index is 1180. The van der Waals surface area contributed by atoms with Gasteiger partial charge >= 0.3 is 0 Å². The van der Waals surface area contributed by atoms with Crippen LogP contribution >= 0.6 is 0 Å². The van der Waals surface area contributed by atoms with Crippen molar-refractivity contribution in [3.8, 4) is 11.1 Å². The monoisotopic (exact) mass is 387 g/mol. The Morgan fingerprint density at radius 1 is 1.03 bits per heavy atom. The number of fused-ring (bicyclic) bond motifs is 3. The summed E-state index contributed by atoms with van der Waals surface area (Å²) in [6.45, 7) is 11.5. The minimum absolute atomic E-state index is 0.274. The van der Waals surface area contributed by atoms with Crippen molar-refractivity contribution < 1.29 is 4.74 Å². The summed E-state index contributed by atoms with van der Waals surface area (Å²) in [4.78, 5) is 9.82. The lowest BCUT2D eigenvalue weighted by Gasteiger charge is -2.19. The molecule has 0 radical (unpaired) electrons. The van der Waals surface area contributed by atoms with E-state index in [-0.39, 0.29) is 6.04 Å². The first kappa shape index (κ1) is 19.6. The Kier molecular flexibility index (Phi) is 5.13. The van der Waals surface area contributed by atoms with Gasteiger partial charge in [0, 0.05) is 36.1 Å². The van der Waals surface area contributed by atoms with Crippen LogP contribution in [0.1, 0.15) is 41.8 Å². The van der Waals surface area contributed by atoms with Gasteiger partial charge < -0.3 is 9.30 Å². The van der Waals surface area contributed by atoms with Crippen molar-refractivity contribution in [2.45, 2.75) is 47.1 Å². The number of rotatable bonds is 5. The van der Waals surface area contributed by atoms with Crippen LogP contribution in [0.5, 0.6) is 0 Å². The molecular formula is C25H29N3O. The number of hydrogen-bond acceptors (Lipinski definition) is 3. The van der Waals surface area contributed by atoms with Crippen molar-refractivity contribution in [2.75, 3.05) is 13.7 Å². The Balaban J connectivity index is 2.08. The molecular weight excluding hydrogens is 358 g/mol.